The van der Waals surface area contributed by atoms with Crippen LogP contribution in [0.2, 0.25) is 0 Å². The number of hydrogen-bond acceptors (Lipinski definition) is 5. The Morgan fingerprint density at radius 3 is 2.09 bits per heavy atom. The number of hydrogen-bond donors (Lipinski definition) is 2. The van der Waals surface area contributed by atoms with Crippen LogP contribution in [0.4, 0.5) is 30.5 Å². The number of aromatic nitrogens is 2. The van der Waals surface area contributed by atoms with E-state index in [0.29, 0.717) is 16.7 Å². The van der Waals surface area contributed by atoms with Crippen LogP contribution in [-0.4, -0.2) is 18.4 Å². The summed E-state index contributed by atoms with van der Waals surface area (Å²) in [5.41, 5.74) is 2.09. The topological polar surface area (TPSA) is 84.0 Å². The summed E-state index contributed by atoms with van der Waals surface area (Å²) in [6.07, 6.45) is -4.85. The molecule has 0 amide bonds. The van der Waals surface area contributed by atoms with Gasteiger partial charge < -0.3 is 5.32 Å². The van der Waals surface area contributed by atoms with Gasteiger partial charge in [-0.05, 0) is 55.3 Å². The van der Waals surface area contributed by atoms with Gasteiger partial charge >= 0.3 is 6.18 Å². The Bertz CT molecular complexity index is 1450. The second-order valence-corrected chi connectivity index (χ2v) is 9.10. The molecule has 0 aliphatic rings. The molecule has 1 heterocycles. The van der Waals surface area contributed by atoms with Crippen molar-refractivity contribution in [2.75, 3.05) is 10.0 Å². The normalized spacial score (nSPS) is 12.0. The Balaban J connectivity index is 1.83. The zero-order valence-electron chi connectivity index (χ0n) is 17.6. The van der Waals surface area contributed by atoms with Crippen LogP contribution in [0.15, 0.2) is 71.6 Å². The van der Waals surface area contributed by atoms with Gasteiger partial charge in [0.1, 0.15) is 0 Å². The molecule has 0 bridgehead atoms. The fraction of sp³-hybridized carbons (Fsp3) is 0.130. The SMILES string of the molecule is Cc1ccc(C)c(Nc2nc3ccccc3nc2NS(=O)(=O)c2ccccc2C(F)(F)F)c1. The minimum atomic E-state index is -4.85. The highest BCUT2D eigenvalue weighted by Gasteiger charge is 2.37. The fourth-order valence-electron chi connectivity index (χ4n) is 3.27. The van der Waals surface area contributed by atoms with E-state index in [1.807, 2.05) is 32.0 Å². The van der Waals surface area contributed by atoms with E-state index in [2.05, 4.69) is 20.0 Å². The monoisotopic (exact) mass is 472 g/mol. The van der Waals surface area contributed by atoms with Crippen LogP contribution >= 0.6 is 0 Å². The first kappa shape index (κ1) is 22.5. The van der Waals surface area contributed by atoms with E-state index in [0.717, 1.165) is 29.3 Å². The maximum absolute atomic E-state index is 13.4. The van der Waals surface area contributed by atoms with Crippen LogP contribution in [0.3, 0.4) is 0 Å². The molecule has 10 heteroatoms. The quantitative estimate of drug-likeness (QED) is 0.383. The number of fused-ring (bicyclic) bond motifs is 1. The number of rotatable bonds is 5. The van der Waals surface area contributed by atoms with Crippen molar-refractivity contribution in [2.45, 2.75) is 24.9 Å². The maximum Gasteiger partial charge on any atom is 0.417 e. The molecule has 0 saturated heterocycles. The van der Waals surface area contributed by atoms with E-state index in [1.54, 1.807) is 24.3 Å². The van der Waals surface area contributed by atoms with Gasteiger partial charge in [0, 0.05) is 5.69 Å². The first-order valence-corrected chi connectivity index (χ1v) is 11.3. The van der Waals surface area contributed by atoms with Gasteiger partial charge in [0.25, 0.3) is 10.0 Å². The van der Waals surface area contributed by atoms with Crippen molar-refractivity contribution >= 4 is 38.4 Å². The van der Waals surface area contributed by atoms with E-state index < -0.39 is 26.7 Å². The van der Waals surface area contributed by atoms with Gasteiger partial charge in [0.15, 0.2) is 11.6 Å². The van der Waals surface area contributed by atoms with E-state index in [9.17, 15) is 21.6 Å². The number of nitrogens with zero attached hydrogens (tertiary/aromatic N) is 2. The summed E-state index contributed by atoms with van der Waals surface area (Å²) in [7, 11) is -4.64. The molecule has 0 fully saturated rings. The van der Waals surface area contributed by atoms with Crippen LogP contribution in [0.1, 0.15) is 16.7 Å². The summed E-state index contributed by atoms with van der Waals surface area (Å²) in [5, 5.41) is 3.07. The molecule has 0 atom stereocenters. The summed E-state index contributed by atoms with van der Waals surface area (Å²) in [4.78, 5) is 7.90. The zero-order valence-corrected chi connectivity index (χ0v) is 18.4. The molecule has 1 aromatic heterocycles. The molecule has 4 rings (SSSR count). The highest BCUT2D eigenvalue weighted by atomic mass is 32.2. The predicted octanol–water partition coefficient (Wildman–Crippen LogP) is 5.81. The second-order valence-electron chi connectivity index (χ2n) is 7.45. The van der Waals surface area contributed by atoms with E-state index >= 15 is 0 Å². The van der Waals surface area contributed by atoms with Crippen molar-refractivity contribution in [1.29, 1.82) is 0 Å². The first-order chi connectivity index (χ1) is 15.5. The van der Waals surface area contributed by atoms with Gasteiger partial charge in [0.2, 0.25) is 0 Å². The van der Waals surface area contributed by atoms with Gasteiger partial charge in [-0.3, -0.25) is 4.72 Å². The minimum Gasteiger partial charge on any atom is -0.337 e. The molecule has 0 radical (unpaired) electrons. The highest BCUT2D eigenvalue weighted by molar-refractivity contribution is 7.92. The molecule has 3 aromatic carbocycles. The lowest BCUT2D eigenvalue weighted by Gasteiger charge is -2.17. The largest absolute Gasteiger partial charge is 0.417 e. The van der Waals surface area contributed by atoms with Gasteiger partial charge in [-0.1, -0.05) is 36.4 Å². The van der Waals surface area contributed by atoms with Crippen molar-refractivity contribution in [1.82, 2.24) is 9.97 Å². The zero-order chi connectivity index (χ0) is 23.8. The number of nitrogens with one attached hydrogen (secondary N) is 2. The van der Waals surface area contributed by atoms with E-state index in [1.165, 1.54) is 6.07 Å². The summed E-state index contributed by atoms with van der Waals surface area (Å²) in [6.45, 7) is 3.76. The average molecular weight is 472 g/mol. The molecule has 33 heavy (non-hydrogen) atoms. The molecule has 0 aliphatic heterocycles. The average Bonchev–Trinajstić information content (AvgIpc) is 2.76. The fourth-order valence-corrected chi connectivity index (χ4v) is 4.51. The summed E-state index contributed by atoms with van der Waals surface area (Å²) in [5.74, 6) is -0.151. The van der Waals surface area contributed by atoms with Crippen molar-refractivity contribution in [3.8, 4) is 0 Å². The lowest BCUT2D eigenvalue weighted by Crippen LogP contribution is -2.20. The van der Waals surface area contributed by atoms with Crippen LogP contribution in [-0.2, 0) is 16.2 Å². The second kappa shape index (κ2) is 8.36. The molecule has 6 nitrogen and oxygen atoms in total. The Hall–Kier alpha value is -3.66. The van der Waals surface area contributed by atoms with Gasteiger partial charge in [-0.2, -0.15) is 13.2 Å². The number of aryl methyl sites for hydroxylation is 2. The van der Waals surface area contributed by atoms with Gasteiger partial charge in [0.05, 0.1) is 21.5 Å². The lowest BCUT2D eigenvalue weighted by molar-refractivity contribution is -0.139. The number of sulfonamides is 1. The number of para-hydroxylation sites is 2. The summed E-state index contributed by atoms with van der Waals surface area (Å²) >= 11 is 0. The van der Waals surface area contributed by atoms with Gasteiger partial charge in [-0.15, -0.1) is 0 Å². The smallest absolute Gasteiger partial charge is 0.337 e. The molecule has 2 N–H and O–H groups in total. The molecule has 0 spiro atoms. The Labute approximate surface area is 188 Å². The van der Waals surface area contributed by atoms with E-state index in [4.69, 9.17) is 0 Å². The molecule has 0 saturated carbocycles. The Morgan fingerprint density at radius 1 is 0.818 bits per heavy atom. The first-order valence-electron chi connectivity index (χ1n) is 9.85. The van der Waals surface area contributed by atoms with Crippen molar-refractivity contribution < 1.29 is 21.6 Å². The molecule has 170 valence electrons. The molecular formula is C23H19F3N4O2S. The Morgan fingerprint density at radius 2 is 1.42 bits per heavy atom. The molecule has 4 aromatic rings. The summed E-state index contributed by atoms with van der Waals surface area (Å²) < 4.78 is 68.6. The third kappa shape index (κ3) is 4.75. The number of halogens is 3. The molecule has 0 unspecified atom stereocenters. The molecular weight excluding hydrogens is 453 g/mol. The number of alkyl halides is 3. The van der Waals surface area contributed by atoms with Crippen molar-refractivity contribution in [3.05, 3.63) is 83.4 Å². The third-order valence-corrected chi connectivity index (χ3v) is 6.33. The van der Waals surface area contributed by atoms with Crippen LogP contribution in [0.5, 0.6) is 0 Å². The van der Waals surface area contributed by atoms with Gasteiger partial charge in [-0.25, -0.2) is 18.4 Å². The highest BCUT2D eigenvalue weighted by Crippen LogP contribution is 2.35. The number of anilines is 3. The van der Waals surface area contributed by atoms with E-state index in [-0.39, 0.29) is 11.6 Å². The van der Waals surface area contributed by atoms with Crippen molar-refractivity contribution in [3.63, 3.8) is 0 Å². The van der Waals surface area contributed by atoms with Crippen LogP contribution in [0, 0.1) is 13.8 Å². The van der Waals surface area contributed by atoms with Crippen LogP contribution in [0.25, 0.3) is 11.0 Å². The summed E-state index contributed by atoms with van der Waals surface area (Å²) in [6, 6.07) is 16.4. The minimum absolute atomic E-state index is 0.0652. The standard InChI is InChI=1S/C23H19F3N4O2S/c1-14-11-12-15(2)19(13-14)29-21-22(28-18-9-5-4-8-17(18)27-21)30-33(31,32)20-10-6-3-7-16(20)23(24,25)26/h3-13H,1-2H3,(H,27,29)(H,28,30). The molecule has 0 aliphatic carbocycles. The third-order valence-electron chi connectivity index (χ3n) is 4.93. The number of benzene rings is 3. The predicted molar refractivity (Wildman–Crippen MR) is 121 cm³/mol. The van der Waals surface area contributed by atoms with Crippen LogP contribution < -0.4 is 10.0 Å². The Kier molecular flexibility index (Phi) is 5.71. The van der Waals surface area contributed by atoms with Crippen molar-refractivity contribution in [2.24, 2.45) is 0 Å². The maximum atomic E-state index is 13.4. The lowest BCUT2D eigenvalue weighted by atomic mass is 10.1.